The first-order valence-electron chi connectivity index (χ1n) is 7.05. The van der Waals surface area contributed by atoms with E-state index in [0.29, 0.717) is 18.7 Å². The van der Waals surface area contributed by atoms with Crippen LogP contribution in [0.2, 0.25) is 0 Å². The number of hydrogen-bond donors (Lipinski definition) is 1. The zero-order valence-corrected chi connectivity index (χ0v) is 12.4. The quantitative estimate of drug-likeness (QED) is 0.754. The third-order valence-corrected chi connectivity index (χ3v) is 3.94. The Balaban J connectivity index is 2.42. The van der Waals surface area contributed by atoms with Crippen molar-refractivity contribution in [3.05, 3.63) is 0 Å². The lowest BCUT2D eigenvalue weighted by molar-refractivity contribution is -0.0290. The Hall–Kier alpha value is -0.160. The standard InChI is InChI=1S/C14H30N2O2/c1-14(2,17-4)9-12(10-15)16(3)11-13-7-5-6-8-18-13/h12-13H,5-11,15H2,1-4H3. The first-order chi connectivity index (χ1) is 8.48. The third kappa shape index (κ3) is 5.22. The largest absolute Gasteiger partial charge is 0.379 e. The van der Waals surface area contributed by atoms with Gasteiger partial charge in [-0.3, -0.25) is 4.90 Å². The predicted molar refractivity (Wildman–Crippen MR) is 74.8 cm³/mol. The van der Waals surface area contributed by atoms with E-state index in [-0.39, 0.29) is 5.60 Å². The second-order valence-electron chi connectivity index (χ2n) is 5.99. The predicted octanol–water partition coefficient (Wildman–Crippen LogP) is 1.63. The third-order valence-electron chi connectivity index (χ3n) is 3.94. The molecule has 2 atom stereocenters. The van der Waals surface area contributed by atoms with E-state index in [0.717, 1.165) is 19.6 Å². The SMILES string of the molecule is COC(C)(C)CC(CN)N(C)CC1CCCCO1. The van der Waals surface area contributed by atoms with Crippen molar-refractivity contribution in [1.29, 1.82) is 0 Å². The summed E-state index contributed by atoms with van der Waals surface area (Å²) in [5, 5.41) is 0. The fourth-order valence-corrected chi connectivity index (χ4v) is 2.49. The van der Waals surface area contributed by atoms with Crippen molar-refractivity contribution in [3.63, 3.8) is 0 Å². The number of nitrogens with zero attached hydrogens (tertiary/aromatic N) is 1. The van der Waals surface area contributed by atoms with Gasteiger partial charge in [0.2, 0.25) is 0 Å². The summed E-state index contributed by atoms with van der Waals surface area (Å²) in [6.07, 6.45) is 4.99. The van der Waals surface area contributed by atoms with Gasteiger partial charge in [0.15, 0.2) is 0 Å². The highest BCUT2D eigenvalue weighted by atomic mass is 16.5. The van der Waals surface area contributed by atoms with Gasteiger partial charge in [-0.2, -0.15) is 0 Å². The first-order valence-corrected chi connectivity index (χ1v) is 7.05. The molecule has 0 aromatic rings. The number of methoxy groups -OCH3 is 1. The molecule has 2 unspecified atom stereocenters. The molecule has 0 aromatic carbocycles. The van der Waals surface area contributed by atoms with Crippen LogP contribution >= 0.6 is 0 Å². The Bertz CT molecular complexity index is 228. The maximum atomic E-state index is 5.90. The molecule has 0 aliphatic carbocycles. The van der Waals surface area contributed by atoms with E-state index in [2.05, 4.69) is 25.8 Å². The van der Waals surface area contributed by atoms with Crippen molar-refractivity contribution < 1.29 is 9.47 Å². The number of rotatable bonds is 7. The highest BCUT2D eigenvalue weighted by Crippen LogP contribution is 2.20. The van der Waals surface area contributed by atoms with E-state index in [9.17, 15) is 0 Å². The Morgan fingerprint density at radius 3 is 2.67 bits per heavy atom. The minimum atomic E-state index is -0.119. The van der Waals surface area contributed by atoms with Crippen LogP contribution in [0.25, 0.3) is 0 Å². The van der Waals surface area contributed by atoms with Crippen molar-refractivity contribution >= 4 is 0 Å². The summed E-state index contributed by atoms with van der Waals surface area (Å²) >= 11 is 0. The maximum Gasteiger partial charge on any atom is 0.0702 e. The van der Waals surface area contributed by atoms with Crippen LogP contribution in [0, 0.1) is 0 Å². The van der Waals surface area contributed by atoms with Crippen LogP contribution < -0.4 is 5.73 Å². The molecule has 0 spiro atoms. The van der Waals surface area contributed by atoms with Gasteiger partial charge in [0, 0.05) is 32.8 Å². The van der Waals surface area contributed by atoms with Crippen LogP contribution in [-0.4, -0.2) is 56.5 Å². The van der Waals surface area contributed by atoms with Crippen molar-refractivity contribution in [2.75, 3.05) is 33.9 Å². The summed E-state index contributed by atoms with van der Waals surface area (Å²) in [6.45, 7) is 6.77. The zero-order valence-electron chi connectivity index (χ0n) is 12.4. The average molecular weight is 258 g/mol. The fraction of sp³-hybridized carbons (Fsp3) is 1.00. The molecule has 1 aliphatic heterocycles. The minimum Gasteiger partial charge on any atom is -0.379 e. The molecule has 4 nitrogen and oxygen atoms in total. The molecule has 0 amide bonds. The van der Waals surface area contributed by atoms with E-state index in [1.54, 1.807) is 7.11 Å². The number of likely N-dealkylation sites (N-methyl/N-ethyl adjacent to an activating group) is 1. The van der Waals surface area contributed by atoms with Gasteiger partial charge in [0.25, 0.3) is 0 Å². The van der Waals surface area contributed by atoms with Crippen molar-refractivity contribution in [2.24, 2.45) is 5.73 Å². The van der Waals surface area contributed by atoms with Gasteiger partial charge in [-0.15, -0.1) is 0 Å². The van der Waals surface area contributed by atoms with Gasteiger partial charge < -0.3 is 15.2 Å². The first kappa shape index (κ1) is 15.9. The molecule has 0 saturated carbocycles. The normalized spacial score (nSPS) is 23.3. The van der Waals surface area contributed by atoms with E-state index in [1.807, 2.05) is 0 Å². The molecule has 0 radical (unpaired) electrons. The van der Waals surface area contributed by atoms with Crippen molar-refractivity contribution in [2.45, 2.75) is 57.3 Å². The van der Waals surface area contributed by atoms with Crippen molar-refractivity contribution in [3.8, 4) is 0 Å². The Kier molecular flexibility index (Phi) is 6.57. The second kappa shape index (κ2) is 7.43. The molecular weight excluding hydrogens is 228 g/mol. The monoisotopic (exact) mass is 258 g/mol. The topological polar surface area (TPSA) is 47.7 Å². The van der Waals surface area contributed by atoms with E-state index in [4.69, 9.17) is 15.2 Å². The van der Waals surface area contributed by atoms with Crippen LogP contribution in [0.5, 0.6) is 0 Å². The molecule has 1 saturated heterocycles. The summed E-state index contributed by atoms with van der Waals surface area (Å²) in [4.78, 5) is 2.33. The second-order valence-corrected chi connectivity index (χ2v) is 5.99. The van der Waals surface area contributed by atoms with Crippen LogP contribution in [0.15, 0.2) is 0 Å². The number of ether oxygens (including phenoxy) is 2. The lowest BCUT2D eigenvalue weighted by Crippen LogP contribution is -2.46. The van der Waals surface area contributed by atoms with Gasteiger partial charge in [0.1, 0.15) is 0 Å². The van der Waals surface area contributed by atoms with Gasteiger partial charge in [-0.05, 0) is 46.6 Å². The molecule has 0 aromatic heterocycles. The molecule has 18 heavy (non-hydrogen) atoms. The van der Waals surface area contributed by atoms with E-state index in [1.165, 1.54) is 19.3 Å². The number of nitrogens with two attached hydrogens (primary N) is 1. The summed E-state index contributed by atoms with van der Waals surface area (Å²) in [5.41, 5.74) is 5.78. The van der Waals surface area contributed by atoms with E-state index >= 15 is 0 Å². The van der Waals surface area contributed by atoms with Crippen LogP contribution in [0.3, 0.4) is 0 Å². The van der Waals surface area contributed by atoms with Gasteiger partial charge in [-0.25, -0.2) is 0 Å². The number of hydrogen-bond acceptors (Lipinski definition) is 4. The zero-order chi connectivity index (χ0) is 13.6. The van der Waals surface area contributed by atoms with Gasteiger partial charge >= 0.3 is 0 Å². The Morgan fingerprint density at radius 1 is 1.44 bits per heavy atom. The summed E-state index contributed by atoms with van der Waals surface area (Å²) < 4.78 is 11.3. The molecule has 108 valence electrons. The van der Waals surface area contributed by atoms with Crippen molar-refractivity contribution in [1.82, 2.24) is 4.90 Å². The molecule has 2 N–H and O–H groups in total. The summed E-state index contributed by atoms with van der Waals surface area (Å²) in [6, 6.07) is 0.352. The van der Waals surface area contributed by atoms with Gasteiger partial charge in [0.05, 0.1) is 11.7 Å². The maximum absolute atomic E-state index is 5.90. The Morgan fingerprint density at radius 2 is 2.17 bits per heavy atom. The fourth-order valence-electron chi connectivity index (χ4n) is 2.49. The molecule has 1 rings (SSSR count). The molecule has 1 heterocycles. The Labute approximate surface area is 112 Å². The molecule has 1 fully saturated rings. The molecule has 0 bridgehead atoms. The van der Waals surface area contributed by atoms with Crippen LogP contribution in [0.1, 0.15) is 39.5 Å². The molecule has 4 heteroatoms. The van der Waals surface area contributed by atoms with E-state index < -0.39 is 0 Å². The molecular formula is C14H30N2O2. The minimum absolute atomic E-state index is 0.119. The smallest absolute Gasteiger partial charge is 0.0702 e. The highest BCUT2D eigenvalue weighted by Gasteiger charge is 2.26. The van der Waals surface area contributed by atoms with Crippen LogP contribution in [-0.2, 0) is 9.47 Å². The summed E-state index contributed by atoms with van der Waals surface area (Å²) in [5.74, 6) is 0. The lowest BCUT2D eigenvalue weighted by Gasteiger charge is -2.36. The van der Waals surface area contributed by atoms with Crippen LogP contribution in [0.4, 0.5) is 0 Å². The average Bonchev–Trinajstić information content (AvgIpc) is 2.37. The summed E-state index contributed by atoms with van der Waals surface area (Å²) in [7, 11) is 3.90. The molecule has 1 aliphatic rings. The highest BCUT2D eigenvalue weighted by molar-refractivity contribution is 4.81. The van der Waals surface area contributed by atoms with Gasteiger partial charge in [-0.1, -0.05) is 0 Å². The lowest BCUT2D eigenvalue weighted by atomic mass is 9.97.